The average molecular weight is 234 g/mol. The summed E-state index contributed by atoms with van der Waals surface area (Å²) in [5.41, 5.74) is 0.870. The van der Waals surface area contributed by atoms with Crippen molar-refractivity contribution in [3.63, 3.8) is 0 Å². The Hall–Kier alpha value is -1.55. The molecule has 4 heteroatoms. The van der Waals surface area contributed by atoms with Gasteiger partial charge in [0.2, 0.25) is 0 Å². The van der Waals surface area contributed by atoms with Crippen molar-refractivity contribution >= 4 is 11.6 Å². The summed E-state index contributed by atoms with van der Waals surface area (Å²) in [5.74, 6) is 0.811. The second-order valence-corrected chi connectivity index (χ2v) is 4.41. The number of carbonyl (C=O) groups is 1. The number of carbonyl (C=O) groups excluding carboxylic acids is 1. The zero-order chi connectivity index (χ0) is 12.3. The van der Waals surface area contributed by atoms with E-state index in [1.165, 1.54) is 0 Å². The van der Waals surface area contributed by atoms with E-state index in [9.17, 15) is 4.79 Å². The number of nitrogens with zero attached hydrogens (tertiary/aromatic N) is 1. The quantitative estimate of drug-likeness (QED) is 0.856. The van der Waals surface area contributed by atoms with Crippen LogP contribution in [0.15, 0.2) is 24.3 Å². The van der Waals surface area contributed by atoms with E-state index in [0.29, 0.717) is 12.6 Å². The molecule has 92 valence electrons. The van der Waals surface area contributed by atoms with E-state index in [-0.39, 0.29) is 12.5 Å². The summed E-state index contributed by atoms with van der Waals surface area (Å²) in [6.45, 7) is 5.79. The molecule has 1 N–H and O–H groups in total. The first-order valence-electron chi connectivity index (χ1n) is 5.94. The van der Waals surface area contributed by atoms with Crippen LogP contribution in [0.5, 0.6) is 5.75 Å². The molecule has 0 unspecified atom stereocenters. The summed E-state index contributed by atoms with van der Waals surface area (Å²) in [4.78, 5) is 13.6. The summed E-state index contributed by atoms with van der Waals surface area (Å²) in [7, 11) is 0. The van der Waals surface area contributed by atoms with Gasteiger partial charge in [-0.25, -0.2) is 0 Å². The van der Waals surface area contributed by atoms with Crippen molar-refractivity contribution in [2.45, 2.75) is 19.9 Å². The predicted molar refractivity (Wildman–Crippen MR) is 67.4 cm³/mol. The molecule has 0 fully saturated rings. The van der Waals surface area contributed by atoms with E-state index >= 15 is 0 Å². The van der Waals surface area contributed by atoms with E-state index in [0.717, 1.165) is 18.0 Å². The lowest BCUT2D eigenvalue weighted by molar-refractivity contribution is -0.121. The van der Waals surface area contributed by atoms with Gasteiger partial charge in [0.25, 0.3) is 5.91 Å². The maximum absolute atomic E-state index is 11.8. The van der Waals surface area contributed by atoms with E-state index in [2.05, 4.69) is 19.2 Å². The minimum absolute atomic E-state index is 0.0225. The lowest BCUT2D eigenvalue weighted by Gasteiger charge is -2.29. The van der Waals surface area contributed by atoms with Gasteiger partial charge in [0.1, 0.15) is 5.75 Å². The molecule has 0 saturated carbocycles. The van der Waals surface area contributed by atoms with Crippen molar-refractivity contribution < 1.29 is 9.53 Å². The number of fused-ring (bicyclic) bond motifs is 1. The second-order valence-electron chi connectivity index (χ2n) is 4.41. The molecule has 1 amide bonds. The highest BCUT2D eigenvalue weighted by molar-refractivity contribution is 5.97. The molecule has 17 heavy (non-hydrogen) atoms. The highest BCUT2D eigenvalue weighted by Gasteiger charge is 2.24. The number of rotatable bonds is 4. The summed E-state index contributed by atoms with van der Waals surface area (Å²) >= 11 is 0. The number of anilines is 1. The highest BCUT2D eigenvalue weighted by Crippen LogP contribution is 2.30. The van der Waals surface area contributed by atoms with Gasteiger partial charge in [0.15, 0.2) is 6.61 Å². The van der Waals surface area contributed by atoms with Crippen LogP contribution in [0.25, 0.3) is 0 Å². The summed E-state index contributed by atoms with van der Waals surface area (Å²) < 4.78 is 5.38. The van der Waals surface area contributed by atoms with Gasteiger partial charge in [-0.1, -0.05) is 26.0 Å². The number of hydrogen-bond donors (Lipinski definition) is 1. The molecule has 0 radical (unpaired) electrons. The summed E-state index contributed by atoms with van der Waals surface area (Å²) in [6.07, 6.45) is 0. The van der Waals surface area contributed by atoms with Crippen LogP contribution in [0, 0.1) is 0 Å². The van der Waals surface area contributed by atoms with Crippen molar-refractivity contribution in [3.8, 4) is 5.75 Å². The van der Waals surface area contributed by atoms with Gasteiger partial charge in [-0.05, 0) is 12.1 Å². The maximum atomic E-state index is 11.8. The predicted octanol–water partition coefficient (Wildman–Crippen LogP) is 1.41. The Bertz CT molecular complexity index is 404. The molecular weight excluding hydrogens is 216 g/mol. The van der Waals surface area contributed by atoms with Crippen LogP contribution in [0.4, 0.5) is 5.69 Å². The van der Waals surface area contributed by atoms with Crippen LogP contribution >= 0.6 is 0 Å². The number of para-hydroxylation sites is 2. The molecule has 0 saturated heterocycles. The average Bonchev–Trinajstić information content (AvgIpc) is 2.32. The van der Waals surface area contributed by atoms with Crippen molar-refractivity contribution in [1.29, 1.82) is 0 Å². The number of nitrogens with one attached hydrogen (secondary N) is 1. The molecule has 0 spiro atoms. The van der Waals surface area contributed by atoms with Crippen LogP contribution in [-0.2, 0) is 4.79 Å². The van der Waals surface area contributed by atoms with Crippen LogP contribution < -0.4 is 15.0 Å². The fourth-order valence-electron chi connectivity index (χ4n) is 1.86. The molecule has 0 aliphatic carbocycles. The zero-order valence-electron chi connectivity index (χ0n) is 10.3. The molecular formula is C13H18N2O2. The third-order valence-electron chi connectivity index (χ3n) is 2.70. The third-order valence-corrected chi connectivity index (χ3v) is 2.70. The summed E-state index contributed by atoms with van der Waals surface area (Å²) in [5, 5.41) is 3.31. The normalized spacial score (nSPS) is 14.8. The fraction of sp³-hybridized carbons (Fsp3) is 0.462. The molecule has 1 aromatic rings. The first-order chi connectivity index (χ1) is 8.18. The van der Waals surface area contributed by atoms with Gasteiger partial charge in [0.05, 0.1) is 5.69 Å². The SMILES string of the molecule is CC(C)NCCN1C(=O)COc2ccccc21. The van der Waals surface area contributed by atoms with Crippen molar-refractivity contribution in [3.05, 3.63) is 24.3 Å². The Morgan fingerprint density at radius 3 is 2.94 bits per heavy atom. The third kappa shape index (κ3) is 2.77. The fourth-order valence-corrected chi connectivity index (χ4v) is 1.86. The number of benzene rings is 1. The second kappa shape index (κ2) is 5.19. The topological polar surface area (TPSA) is 41.6 Å². The molecule has 1 aliphatic heterocycles. The monoisotopic (exact) mass is 234 g/mol. The van der Waals surface area contributed by atoms with Crippen LogP contribution in [0.3, 0.4) is 0 Å². The largest absolute Gasteiger partial charge is 0.482 e. The van der Waals surface area contributed by atoms with E-state index in [4.69, 9.17) is 4.74 Å². The molecule has 0 atom stereocenters. The first kappa shape index (κ1) is 11.9. The lowest BCUT2D eigenvalue weighted by atomic mass is 10.2. The number of amides is 1. The van der Waals surface area contributed by atoms with Gasteiger partial charge in [0, 0.05) is 19.1 Å². The molecule has 1 heterocycles. The van der Waals surface area contributed by atoms with Crippen LogP contribution in [0.2, 0.25) is 0 Å². The standard InChI is InChI=1S/C13H18N2O2/c1-10(2)14-7-8-15-11-5-3-4-6-12(11)17-9-13(15)16/h3-6,10,14H,7-9H2,1-2H3. The van der Waals surface area contributed by atoms with Gasteiger partial charge in [-0.15, -0.1) is 0 Å². The lowest BCUT2D eigenvalue weighted by Crippen LogP contribution is -2.43. The molecule has 1 aliphatic rings. The van der Waals surface area contributed by atoms with Gasteiger partial charge in [-0.2, -0.15) is 0 Å². The van der Waals surface area contributed by atoms with Crippen molar-refractivity contribution in [2.75, 3.05) is 24.6 Å². The van der Waals surface area contributed by atoms with Gasteiger partial charge >= 0.3 is 0 Å². The Morgan fingerprint density at radius 1 is 1.41 bits per heavy atom. The number of hydrogen-bond acceptors (Lipinski definition) is 3. The van der Waals surface area contributed by atoms with E-state index < -0.39 is 0 Å². The molecule has 1 aromatic carbocycles. The smallest absolute Gasteiger partial charge is 0.265 e. The number of ether oxygens (including phenoxy) is 1. The highest BCUT2D eigenvalue weighted by atomic mass is 16.5. The summed E-state index contributed by atoms with van der Waals surface area (Å²) in [6, 6.07) is 8.08. The van der Waals surface area contributed by atoms with Crippen molar-refractivity contribution in [2.24, 2.45) is 0 Å². The molecule has 0 aromatic heterocycles. The zero-order valence-corrected chi connectivity index (χ0v) is 10.3. The Morgan fingerprint density at radius 2 is 2.18 bits per heavy atom. The minimum Gasteiger partial charge on any atom is -0.482 e. The van der Waals surface area contributed by atoms with Crippen LogP contribution in [0.1, 0.15) is 13.8 Å². The molecule has 4 nitrogen and oxygen atoms in total. The van der Waals surface area contributed by atoms with Crippen molar-refractivity contribution in [1.82, 2.24) is 5.32 Å². The first-order valence-corrected chi connectivity index (χ1v) is 5.94. The molecule has 0 bridgehead atoms. The Kier molecular flexibility index (Phi) is 3.64. The van der Waals surface area contributed by atoms with E-state index in [1.807, 2.05) is 24.3 Å². The minimum atomic E-state index is 0.0225. The van der Waals surface area contributed by atoms with E-state index in [1.54, 1.807) is 4.90 Å². The van der Waals surface area contributed by atoms with Crippen LogP contribution in [-0.4, -0.2) is 31.6 Å². The van der Waals surface area contributed by atoms with Gasteiger partial charge in [-0.3, -0.25) is 4.79 Å². The Balaban J connectivity index is 2.07. The maximum Gasteiger partial charge on any atom is 0.265 e. The molecule has 2 rings (SSSR count). The Labute approximate surface area is 102 Å². The van der Waals surface area contributed by atoms with Gasteiger partial charge < -0.3 is 15.0 Å².